The summed E-state index contributed by atoms with van der Waals surface area (Å²) in [4.78, 5) is 16.8. The number of fused-ring (bicyclic) bond motifs is 3. The maximum atomic E-state index is 12.5. The van der Waals surface area contributed by atoms with Crippen LogP contribution >= 0.6 is 0 Å². The van der Waals surface area contributed by atoms with Gasteiger partial charge in [-0.05, 0) is 31.9 Å². The van der Waals surface area contributed by atoms with Gasteiger partial charge >= 0.3 is 0 Å². The lowest BCUT2D eigenvalue weighted by atomic mass is 10.1. The number of benzene rings is 1. The van der Waals surface area contributed by atoms with Crippen LogP contribution in [0.25, 0.3) is 0 Å². The first-order valence-electron chi connectivity index (χ1n) is 6.85. The van der Waals surface area contributed by atoms with Gasteiger partial charge in [-0.25, -0.2) is 0 Å². The molecule has 1 aromatic carbocycles. The largest absolute Gasteiger partial charge is 0.359 e. The molecule has 0 aromatic heterocycles. The molecule has 1 aromatic rings. The van der Waals surface area contributed by atoms with Gasteiger partial charge in [0.05, 0.1) is 0 Å². The van der Waals surface area contributed by atoms with Crippen molar-refractivity contribution < 1.29 is 4.79 Å². The Morgan fingerprint density at radius 1 is 1.33 bits per heavy atom. The van der Waals surface area contributed by atoms with Crippen molar-refractivity contribution in [1.82, 2.24) is 4.90 Å². The summed E-state index contributed by atoms with van der Waals surface area (Å²) in [5.41, 5.74) is 3.90. The van der Waals surface area contributed by atoms with E-state index in [1.54, 1.807) is 0 Å². The molecule has 3 rings (SSSR count). The lowest BCUT2D eigenvalue weighted by Gasteiger charge is -2.25. The number of rotatable bonds is 1. The van der Waals surface area contributed by atoms with E-state index >= 15 is 0 Å². The highest BCUT2D eigenvalue weighted by atomic mass is 16.2. The number of aryl methyl sites for hydroxylation is 1. The summed E-state index contributed by atoms with van der Waals surface area (Å²) in [6, 6.07) is 6.60. The van der Waals surface area contributed by atoms with Crippen molar-refractivity contribution in [2.24, 2.45) is 0 Å². The van der Waals surface area contributed by atoms with Crippen LogP contribution in [-0.4, -0.2) is 36.5 Å². The maximum Gasteiger partial charge on any atom is 0.245 e. The predicted molar refractivity (Wildman–Crippen MR) is 72.9 cm³/mol. The zero-order valence-corrected chi connectivity index (χ0v) is 11.1. The van der Waals surface area contributed by atoms with E-state index in [-0.39, 0.29) is 6.04 Å². The fourth-order valence-electron chi connectivity index (χ4n) is 3.21. The Morgan fingerprint density at radius 3 is 2.94 bits per heavy atom. The second-order valence-corrected chi connectivity index (χ2v) is 5.32. The van der Waals surface area contributed by atoms with Gasteiger partial charge in [-0.2, -0.15) is 0 Å². The van der Waals surface area contributed by atoms with Crippen molar-refractivity contribution in [3.63, 3.8) is 0 Å². The quantitative estimate of drug-likeness (QED) is 0.754. The molecule has 1 atom stereocenters. The summed E-state index contributed by atoms with van der Waals surface area (Å²) in [6.07, 6.45) is 1.95. The standard InChI is InChI=1S/C15H20N2O/c1-3-16-7-4-8-17-13-6-5-11(2)9-12(13)10-14(17)15(16)18/h5-6,9,14H,3-4,7-8,10H2,1-2H3. The number of amides is 1. The molecule has 2 aliphatic rings. The van der Waals surface area contributed by atoms with Crippen LogP contribution in [0.15, 0.2) is 18.2 Å². The van der Waals surface area contributed by atoms with Gasteiger partial charge in [0, 0.05) is 31.7 Å². The number of likely N-dealkylation sites (N-methyl/N-ethyl adjacent to an activating group) is 1. The van der Waals surface area contributed by atoms with Crippen LogP contribution in [0.5, 0.6) is 0 Å². The Balaban J connectivity index is 1.96. The molecular weight excluding hydrogens is 224 g/mol. The van der Waals surface area contributed by atoms with E-state index in [0.717, 1.165) is 32.5 Å². The number of hydrogen-bond donors (Lipinski definition) is 0. The third-order valence-electron chi connectivity index (χ3n) is 4.14. The summed E-state index contributed by atoms with van der Waals surface area (Å²) in [7, 11) is 0. The molecule has 1 amide bonds. The second-order valence-electron chi connectivity index (χ2n) is 5.32. The Morgan fingerprint density at radius 2 is 2.17 bits per heavy atom. The van der Waals surface area contributed by atoms with Crippen molar-refractivity contribution in [2.75, 3.05) is 24.5 Å². The molecular formula is C15H20N2O. The van der Waals surface area contributed by atoms with Gasteiger partial charge in [-0.1, -0.05) is 17.7 Å². The molecule has 1 unspecified atom stereocenters. The van der Waals surface area contributed by atoms with Crippen LogP contribution < -0.4 is 4.90 Å². The molecule has 3 nitrogen and oxygen atoms in total. The smallest absolute Gasteiger partial charge is 0.245 e. The van der Waals surface area contributed by atoms with Crippen molar-refractivity contribution in [3.05, 3.63) is 29.3 Å². The lowest BCUT2D eigenvalue weighted by molar-refractivity contribution is -0.131. The highest BCUT2D eigenvalue weighted by Crippen LogP contribution is 2.34. The number of anilines is 1. The van der Waals surface area contributed by atoms with Crippen molar-refractivity contribution in [3.8, 4) is 0 Å². The number of nitrogens with zero attached hydrogens (tertiary/aromatic N) is 2. The minimum atomic E-state index is 0.0456. The first kappa shape index (κ1) is 11.6. The van der Waals surface area contributed by atoms with Gasteiger partial charge in [0.1, 0.15) is 6.04 Å². The van der Waals surface area contributed by atoms with E-state index in [1.807, 2.05) is 4.90 Å². The van der Waals surface area contributed by atoms with Crippen LogP contribution in [0, 0.1) is 6.92 Å². The maximum absolute atomic E-state index is 12.5. The highest BCUT2D eigenvalue weighted by molar-refractivity contribution is 5.88. The average Bonchev–Trinajstić information content (AvgIpc) is 2.64. The van der Waals surface area contributed by atoms with E-state index in [4.69, 9.17) is 0 Å². The van der Waals surface area contributed by atoms with Gasteiger partial charge < -0.3 is 9.80 Å². The molecule has 1 fully saturated rings. The monoisotopic (exact) mass is 244 g/mol. The molecule has 0 aliphatic carbocycles. The second kappa shape index (κ2) is 4.30. The summed E-state index contributed by atoms with van der Waals surface area (Å²) >= 11 is 0. The number of carbonyl (C=O) groups is 1. The zero-order chi connectivity index (χ0) is 12.7. The van der Waals surface area contributed by atoms with E-state index in [1.165, 1.54) is 16.8 Å². The first-order chi connectivity index (χ1) is 8.70. The van der Waals surface area contributed by atoms with E-state index in [9.17, 15) is 4.79 Å². The molecule has 2 aliphatic heterocycles. The number of hydrogen-bond acceptors (Lipinski definition) is 2. The van der Waals surface area contributed by atoms with Gasteiger partial charge in [0.25, 0.3) is 0 Å². The Hall–Kier alpha value is -1.51. The van der Waals surface area contributed by atoms with Crippen molar-refractivity contribution >= 4 is 11.6 Å². The van der Waals surface area contributed by atoms with Crippen LogP contribution in [0.2, 0.25) is 0 Å². The number of carbonyl (C=O) groups excluding carboxylic acids is 1. The highest BCUT2D eigenvalue weighted by Gasteiger charge is 2.37. The zero-order valence-electron chi connectivity index (χ0n) is 11.1. The first-order valence-corrected chi connectivity index (χ1v) is 6.85. The Kier molecular flexibility index (Phi) is 2.77. The molecule has 18 heavy (non-hydrogen) atoms. The topological polar surface area (TPSA) is 23.6 Å². The fourth-order valence-corrected chi connectivity index (χ4v) is 3.21. The normalized spacial score (nSPS) is 22.8. The molecule has 0 N–H and O–H groups in total. The summed E-state index contributed by atoms with van der Waals surface area (Å²) in [5.74, 6) is 0.309. The van der Waals surface area contributed by atoms with E-state index < -0.39 is 0 Å². The molecule has 3 heteroatoms. The van der Waals surface area contributed by atoms with Crippen LogP contribution in [0.3, 0.4) is 0 Å². The molecule has 2 heterocycles. The van der Waals surface area contributed by atoms with Crippen LogP contribution in [0.4, 0.5) is 5.69 Å². The third kappa shape index (κ3) is 1.69. The van der Waals surface area contributed by atoms with E-state index in [0.29, 0.717) is 5.91 Å². The lowest BCUT2D eigenvalue weighted by Crippen LogP contribution is -2.44. The van der Waals surface area contributed by atoms with Gasteiger partial charge in [-0.3, -0.25) is 4.79 Å². The predicted octanol–water partition coefficient (Wildman–Crippen LogP) is 1.98. The fraction of sp³-hybridized carbons (Fsp3) is 0.533. The van der Waals surface area contributed by atoms with Gasteiger partial charge in [0.2, 0.25) is 5.91 Å². The molecule has 0 radical (unpaired) electrons. The van der Waals surface area contributed by atoms with E-state index in [2.05, 4.69) is 36.9 Å². The Bertz CT molecular complexity index is 483. The van der Waals surface area contributed by atoms with Crippen LogP contribution in [-0.2, 0) is 11.2 Å². The minimum Gasteiger partial charge on any atom is -0.359 e. The molecule has 0 spiro atoms. The van der Waals surface area contributed by atoms with Crippen LogP contribution in [0.1, 0.15) is 24.5 Å². The summed E-state index contributed by atoms with van der Waals surface area (Å²) in [5, 5.41) is 0. The molecule has 1 saturated heterocycles. The minimum absolute atomic E-state index is 0.0456. The average molecular weight is 244 g/mol. The Labute approximate surface area is 108 Å². The van der Waals surface area contributed by atoms with Gasteiger partial charge in [0.15, 0.2) is 0 Å². The summed E-state index contributed by atoms with van der Waals surface area (Å²) in [6.45, 7) is 6.93. The van der Waals surface area contributed by atoms with Crippen molar-refractivity contribution in [2.45, 2.75) is 32.7 Å². The molecule has 96 valence electrons. The van der Waals surface area contributed by atoms with Crippen molar-refractivity contribution in [1.29, 1.82) is 0 Å². The molecule has 0 bridgehead atoms. The SMILES string of the molecule is CCN1CCCN2c3ccc(C)cc3CC2C1=O. The summed E-state index contributed by atoms with van der Waals surface area (Å²) < 4.78 is 0. The molecule has 0 saturated carbocycles. The van der Waals surface area contributed by atoms with Gasteiger partial charge in [-0.15, -0.1) is 0 Å². The third-order valence-corrected chi connectivity index (χ3v) is 4.14.